The van der Waals surface area contributed by atoms with Gasteiger partial charge in [-0.2, -0.15) is 5.10 Å². The third-order valence-electron chi connectivity index (χ3n) is 4.01. The van der Waals surface area contributed by atoms with Crippen LogP contribution in [0.5, 0.6) is 0 Å². The van der Waals surface area contributed by atoms with Crippen molar-refractivity contribution in [3.05, 3.63) is 44.8 Å². The Kier molecular flexibility index (Phi) is 2.81. The van der Waals surface area contributed by atoms with Crippen molar-refractivity contribution in [1.82, 2.24) is 19.7 Å². The lowest BCUT2D eigenvalue weighted by molar-refractivity contribution is 0.754. The highest BCUT2D eigenvalue weighted by Gasteiger charge is 2.27. The third kappa shape index (κ3) is 1.79. The molecule has 20 heavy (non-hydrogen) atoms. The van der Waals surface area contributed by atoms with Crippen molar-refractivity contribution >= 4 is 5.82 Å². The number of nitrogens with zero attached hydrogens (tertiary/aromatic N) is 5. The first-order chi connectivity index (χ1) is 9.49. The fraction of sp³-hybridized carbons (Fsp3) is 0.429. The Morgan fingerprint density at radius 2 is 1.95 bits per heavy atom. The summed E-state index contributed by atoms with van der Waals surface area (Å²) in [5, 5.41) is 8.23. The van der Waals surface area contributed by atoms with Gasteiger partial charge in [0.05, 0.1) is 30.5 Å². The van der Waals surface area contributed by atoms with Crippen molar-refractivity contribution in [2.75, 3.05) is 4.90 Å². The molecule has 0 saturated carbocycles. The summed E-state index contributed by atoms with van der Waals surface area (Å²) in [6, 6.07) is 0. The van der Waals surface area contributed by atoms with Gasteiger partial charge in [-0.05, 0) is 31.9 Å². The van der Waals surface area contributed by atoms with E-state index in [1.165, 1.54) is 0 Å². The molecular weight excluding hydrogens is 254 g/mol. The number of aryl methyl sites for hydroxylation is 2. The molecule has 1 aliphatic rings. The molecule has 0 fully saturated rings. The highest BCUT2D eigenvalue weighted by atomic mass is 16.1. The summed E-state index contributed by atoms with van der Waals surface area (Å²) in [6.45, 7) is 7.05. The maximum Gasteiger partial charge on any atom is 0.258 e. The second-order valence-electron chi connectivity index (χ2n) is 5.28. The van der Waals surface area contributed by atoms with Crippen LogP contribution < -0.4 is 10.5 Å². The zero-order valence-corrected chi connectivity index (χ0v) is 12.1. The summed E-state index contributed by atoms with van der Waals surface area (Å²) in [5.41, 5.74) is 3.85. The molecule has 1 aliphatic heterocycles. The summed E-state index contributed by atoms with van der Waals surface area (Å²) < 4.78 is 1.59. The summed E-state index contributed by atoms with van der Waals surface area (Å²) in [7, 11) is 1.76. The van der Waals surface area contributed by atoms with Gasteiger partial charge in [-0.25, -0.2) is 4.98 Å². The van der Waals surface area contributed by atoms with Gasteiger partial charge < -0.3 is 4.90 Å². The van der Waals surface area contributed by atoms with Crippen LogP contribution in [0, 0.1) is 20.8 Å². The summed E-state index contributed by atoms with van der Waals surface area (Å²) in [5.74, 6) is 1.57. The summed E-state index contributed by atoms with van der Waals surface area (Å²) in [6.07, 6.45) is 1.75. The van der Waals surface area contributed by atoms with Crippen LogP contribution in [0.4, 0.5) is 5.82 Å². The Balaban J connectivity index is 2.05. The van der Waals surface area contributed by atoms with Crippen LogP contribution in [-0.2, 0) is 20.1 Å². The number of hydrogen-bond acceptors (Lipinski definition) is 5. The van der Waals surface area contributed by atoms with E-state index in [2.05, 4.69) is 20.1 Å². The van der Waals surface area contributed by atoms with Crippen molar-refractivity contribution in [2.45, 2.75) is 33.9 Å². The van der Waals surface area contributed by atoms with Gasteiger partial charge in [0, 0.05) is 7.05 Å². The first-order valence-corrected chi connectivity index (χ1v) is 6.58. The SMILES string of the molecule is Cc1cnnc(N2Cc3nc(C)n(C)c(=O)c3C2)c1C. The van der Waals surface area contributed by atoms with E-state index in [9.17, 15) is 4.79 Å². The van der Waals surface area contributed by atoms with E-state index in [0.29, 0.717) is 13.1 Å². The molecule has 0 unspecified atom stereocenters. The topological polar surface area (TPSA) is 63.9 Å². The Morgan fingerprint density at radius 1 is 1.20 bits per heavy atom. The van der Waals surface area contributed by atoms with Crippen molar-refractivity contribution in [3.63, 3.8) is 0 Å². The number of fused-ring (bicyclic) bond motifs is 1. The van der Waals surface area contributed by atoms with Crippen molar-refractivity contribution < 1.29 is 0 Å². The van der Waals surface area contributed by atoms with E-state index in [1.54, 1.807) is 17.8 Å². The minimum atomic E-state index is 0.0354. The monoisotopic (exact) mass is 271 g/mol. The van der Waals surface area contributed by atoms with Crippen molar-refractivity contribution in [3.8, 4) is 0 Å². The Morgan fingerprint density at radius 3 is 2.70 bits per heavy atom. The molecule has 104 valence electrons. The van der Waals surface area contributed by atoms with Crippen LogP contribution in [0.1, 0.15) is 28.2 Å². The van der Waals surface area contributed by atoms with Crippen molar-refractivity contribution in [1.29, 1.82) is 0 Å². The molecule has 0 radical (unpaired) electrons. The van der Waals surface area contributed by atoms with E-state index in [-0.39, 0.29) is 5.56 Å². The quantitative estimate of drug-likeness (QED) is 0.774. The molecule has 6 nitrogen and oxygen atoms in total. The van der Waals surface area contributed by atoms with Gasteiger partial charge in [0.2, 0.25) is 0 Å². The number of rotatable bonds is 1. The smallest absolute Gasteiger partial charge is 0.258 e. The normalized spacial score (nSPS) is 13.7. The van der Waals surface area contributed by atoms with Crippen LogP contribution in [0.15, 0.2) is 11.0 Å². The standard InChI is InChI=1S/C14H17N5O/c1-8-5-15-17-13(9(8)2)19-6-11-12(7-19)16-10(3)18(4)14(11)20/h5H,6-7H2,1-4H3. The maximum atomic E-state index is 12.3. The first-order valence-electron chi connectivity index (χ1n) is 6.58. The molecule has 0 bridgehead atoms. The molecular formula is C14H17N5O. The molecule has 6 heteroatoms. The molecule has 0 atom stereocenters. The average molecular weight is 271 g/mol. The number of hydrogen-bond donors (Lipinski definition) is 0. The Labute approximate surface area is 117 Å². The Bertz CT molecular complexity index is 750. The molecule has 0 spiro atoms. The molecule has 2 aromatic rings. The van der Waals surface area contributed by atoms with Gasteiger partial charge in [0.1, 0.15) is 5.82 Å². The Hall–Kier alpha value is -2.24. The fourth-order valence-electron chi connectivity index (χ4n) is 2.50. The average Bonchev–Trinajstić information content (AvgIpc) is 2.83. The molecule has 0 N–H and O–H groups in total. The second-order valence-corrected chi connectivity index (χ2v) is 5.28. The largest absolute Gasteiger partial charge is 0.344 e. The van der Waals surface area contributed by atoms with Gasteiger partial charge in [-0.1, -0.05) is 0 Å². The lowest BCUT2D eigenvalue weighted by Gasteiger charge is -2.18. The lowest BCUT2D eigenvalue weighted by atomic mass is 10.2. The van der Waals surface area contributed by atoms with E-state index < -0.39 is 0 Å². The molecule has 0 amide bonds. The number of anilines is 1. The van der Waals surface area contributed by atoms with Crippen LogP contribution in [-0.4, -0.2) is 19.7 Å². The van der Waals surface area contributed by atoms with E-state index >= 15 is 0 Å². The highest BCUT2D eigenvalue weighted by molar-refractivity contribution is 5.51. The molecule has 0 aromatic carbocycles. The fourth-order valence-corrected chi connectivity index (χ4v) is 2.50. The zero-order valence-electron chi connectivity index (χ0n) is 12.1. The zero-order chi connectivity index (χ0) is 14.4. The molecule has 0 saturated heterocycles. The van der Waals surface area contributed by atoms with E-state index in [1.807, 2.05) is 20.8 Å². The van der Waals surface area contributed by atoms with Gasteiger partial charge in [0.15, 0.2) is 5.82 Å². The molecule has 0 aliphatic carbocycles. The summed E-state index contributed by atoms with van der Waals surface area (Å²) >= 11 is 0. The van der Waals surface area contributed by atoms with Gasteiger partial charge >= 0.3 is 0 Å². The van der Waals surface area contributed by atoms with Gasteiger partial charge in [-0.15, -0.1) is 5.10 Å². The predicted molar refractivity (Wildman–Crippen MR) is 75.6 cm³/mol. The maximum absolute atomic E-state index is 12.3. The van der Waals surface area contributed by atoms with Crippen LogP contribution in [0.3, 0.4) is 0 Å². The van der Waals surface area contributed by atoms with Gasteiger partial charge in [-0.3, -0.25) is 9.36 Å². The minimum Gasteiger partial charge on any atom is -0.344 e. The van der Waals surface area contributed by atoms with Crippen LogP contribution in [0.25, 0.3) is 0 Å². The van der Waals surface area contributed by atoms with Gasteiger partial charge in [0.25, 0.3) is 5.56 Å². The van der Waals surface area contributed by atoms with Crippen LogP contribution in [0.2, 0.25) is 0 Å². The molecule has 3 heterocycles. The minimum absolute atomic E-state index is 0.0354. The van der Waals surface area contributed by atoms with Crippen molar-refractivity contribution in [2.24, 2.45) is 7.05 Å². The molecule has 2 aromatic heterocycles. The highest BCUT2D eigenvalue weighted by Crippen LogP contribution is 2.26. The van der Waals surface area contributed by atoms with E-state index in [4.69, 9.17) is 0 Å². The van der Waals surface area contributed by atoms with Crippen LogP contribution >= 0.6 is 0 Å². The second kappa shape index (κ2) is 4.40. The lowest BCUT2D eigenvalue weighted by Crippen LogP contribution is -2.25. The number of aromatic nitrogens is 4. The first kappa shape index (κ1) is 12.8. The molecule has 3 rings (SSSR count). The third-order valence-corrected chi connectivity index (χ3v) is 4.01. The summed E-state index contributed by atoms with van der Waals surface area (Å²) in [4.78, 5) is 18.8. The van der Waals surface area contributed by atoms with E-state index in [0.717, 1.165) is 34.0 Å². The predicted octanol–water partition coefficient (Wildman–Crippen LogP) is 1.02.